The van der Waals surface area contributed by atoms with E-state index in [1.165, 1.54) is 10.4 Å². The van der Waals surface area contributed by atoms with Gasteiger partial charge in [0.05, 0.1) is 18.1 Å². The summed E-state index contributed by atoms with van der Waals surface area (Å²) >= 11 is 0. The number of carbonyl (C=O) groups is 1. The lowest BCUT2D eigenvalue weighted by Crippen LogP contribution is -2.40. The molecule has 8 heteroatoms. The van der Waals surface area contributed by atoms with Crippen molar-refractivity contribution in [3.63, 3.8) is 0 Å². The molecule has 27 heavy (non-hydrogen) atoms. The summed E-state index contributed by atoms with van der Waals surface area (Å²) in [6, 6.07) is 4.75. The summed E-state index contributed by atoms with van der Waals surface area (Å²) < 4.78 is 32.3. The first-order valence-electron chi connectivity index (χ1n) is 9.59. The van der Waals surface area contributed by atoms with E-state index >= 15 is 0 Å². The molecule has 1 aromatic rings. The van der Waals surface area contributed by atoms with Crippen LogP contribution < -0.4 is 5.32 Å². The molecular formula is C19H31N3O4S. The van der Waals surface area contributed by atoms with Crippen LogP contribution in [0.1, 0.15) is 36.2 Å². The molecule has 1 aromatic carbocycles. The third kappa shape index (κ3) is 5.75. The van der Waals surface area contributed by atoms with E-state index in [0.717, 1.165) is 31.6 Å². The number of rotatable bonds is 9. The third-order valence-electron chi connectivity index (χ3n) is 4.89. The van der Waals surface area contributed by atoms with Crippen molar-refractivity contribution >= 4 is 15.9 Å². The molecule has 0 saturated carbocycles. The predicted octanol–water partition coefficient (Wildman–Crippen LogP) is 1.48. The minimum absolute atomic E-state index is 0.156. The highest BCUT2D eigenvalue weighted by Crippen LogP contribution is 2.20. The first kappa shape index (κ1) is 21.8. The fourth-order valence-electron chi connectivity index (χ4n) is 3.08. The molecule has 0 atom stereocenters. The van der Waals surface area contributed by atoms with Gasteiger partial charge in [-0.2, -0.15) is 4.31 Å². The fourth-order valence-corrected chi connectivity index (χ4v) is 4.52. The van der Waals surface area contributed by atoms with Crippen molar-refractivity contribution in [2.75, 3.05) is 52.5 Å². The third-order valence-corrected chi connectivity index (χ3v) is 6.79. The van der Waals surface area contributed by atoms with E-state index in [9.17, 15) is 13.2 Å². The van der Waals surface area contributed by atoms with Crippen molar-refractivity contribution in [2.24, 2.45) is 0 Å². The Hall–Kier alpha value is -1.48. The minimum atomic E-state index is -3.61. The summed E-state index contributed by atoms with van der Waals surface area (Å²) in [7, 11) is -3.61. The lowest BCUT2D eigenvalue weighted by molar-refractivity contribution is 0.0730. The molecule has 0 unspecified atom stereocenters. The van der Waals surface area contributed by atoms with Crippen LogP contribution in [0.2, 0.25) is 0 Å². The van der Waals surface area contributed by atoms with Crippen LogP contribution in [-0.4, -0.2) is 76.0 Å². The van der Waals surface area contributed by atoms with Crippen LogP contribution in [0.25, 0.3) is 0 Å². The summed E-state index contributed by atoms with van der Waals surface area (Å²) in [6.45, 7) is 11.0. The van der Waals surface area contributed by atoms with Crippen LogP contribution in [-0.2, 0) is 14.8 Å². The molecule has 152 valence electrons. The zero-order valence-electron chi connectivity index (χ0n) is 16.5. The van der Waals surface area contributed by atoms with Gasteiger partial charge in [-0.1, -0.05) is 19.9 Å². The standard InChI is InChI=1S/C19H31N3O4S/c1-4-21(5-2)10-6-9-20-19(23)18-15-17(8-7-16(18)3)27(24,25)22-11-13-26-14-12-22/h7-8,15H,4-6,9-14H2,1-3H3,(H,20,23). The van der Waals surface area contributed by atoms with Crippen molar-refractivity contribution in [1.82, 2.24) is 14.5 Å². The Morgan fingerprint density at radius 3 is 2.52 bits per heavy atom. The Morgan fingerprint density at radius 1 is 1.22 bits per heavy atom. The molecule has 0 radical (unpaired) electrons. The number of nitrogens with zero attached hydrogens (tertiary/aromatic N) is 2. The maximum absolute atomic E-state index is 12.8. The van der Waals surface area contributed by atoms with Crippen molar-refractivity contribution in [3.8, 4) is 0 Å². The molecule has 1 aliphatic rings. The van der Waals surface area contributed by atoms with Gasteiger partial charge in [-0.25, -0.2) is 8.42 Å². The van der Waals surface area contributed by atoms with Gasteiger partial charge in [-0.05, 0) is 50.7 Å². The Kier molecular flexibility index (Phi) is 8.22. The highest BCUT2D eigenvalue weighted by molar-refractivity contribution is 7.89. The van der Waals surface area contributed by atoms with Crippen molar-refractivity contribution in [2.45, 2.75) is 32.1 Å². The second kappa shape index (κ2) is 10.2. The Labute approximate surface area is 162 Å². The van der Waals surface area contributed by atoms with Crippen molar-refractivity contribution in [3.05, 3.63) is 29.3 Å². The number of nitrogens with one attached hydrogen (secondary N) is 1. The SMILES string of the molecule is CCN(CC)CCCNC(=O)c1cc(S(=O)(=O)N2CCOCC2)ccc1C. The van der Waals surface area contributed by atoms with E-state index in [0.29, 0.717) is 38.4 Å². The Morgan fingerprint density at radius 2 is 1.89 bits per heavy atom. The summed E-state index contributed by atoms with van der Waals surface area (Å²) in [6.07, 6.45) is 0.859. The molecule has 1 N–H and O–H groups in total. The summed E-state index contributed by atoms with van der Waals surface area (Å²) in [5.41, 5.74) is 1.17. The number of hydrogen-bond donors (Lipinski definition) is 1. The maximum Gasteiger partial charge on any atom is 0.251 e. The number of carbonyl (C=O) groups excluding carboxylic acids is 1. The highest BCUT2D eigenvalue weighted by atomic mass is 32.2. The van der Waals surface area contributed by atoms with Crippen LogP contribution >= 0.6 is 0 Å². The molecule has 0 bridgehead atoms. The normalized spacial score (nSPS) is 15.9. The fraction of sp³-hybridized carbons (Fsp3) is 0.632. The molecule has 1 heterocycles. The quantitative estimate of drug-likeness (QED) is 0.639. The topological polar surface area (TPSA) is 79.0 Å². The monoisotopic (exact) mass is 397 g/mol. The van der Waals surface area contributed by atoms with E-state index in [4.69, 9.17) is 4.74 Å². The molecule has 1 aliphatic heterocycles. The Balaban J connectivity index is 2.04. The second-order valence-electron chi connectivity index (χ2n) is 6.63. The number of hydrogen-bond acceptors (Lipinski definition) is 5. The van der Waals surface area contributed by atoms with Gasteiger partial charge >= 0.3 is 0 Å². The average Bonchev–Trinajstić information content (AvgIpc) is 2.68. The largest absolute Gasteiger partial charge is 0.379 e. The first-order chi connectivity index (χ1) is 12.9. The molecule has 0 aromatic heterocycles. The number of sulfonamides is 1. The molecule has 1 fully saturated rings. The minimum Gasteiger partial charge on any atom is -0.379 e. The van der Waals surface area contributed by atoms with Gasteiger partial charge < -0.3 is 15.0 Å². The highest BCUT2D eigenvalue weighted by Gasteiger charge is 2.27. The van der Waals surface area contributed by atoms with E-state index in [-0.39, 0.29) is 10.8 Å². The van der Waals surface area contributed by atoms with Crippen molar-refractivity contribution in [1.29, 1.82) is 0 Å². The van der Waals surface area contributed by atoms with Gasteiger partial charge in [0.2, 0.25) is 10.0 Å². The number of amides is 1. The maximum atomic E-state index is 12.8. The smallest absolute Gasteiger partial charge is 0.251 e. The predicted molar refractivity (Wildman–Crippen MR) is 105 cm³/mol. The number of aryl methyl sites for hydroxylation is 1. The van der Waals surface area contributed by atoms with Crippen LogP contribution in [0.3, 0.4) is 0 Å². The second-order valence-corrected chi connectivity index (χ2v) is 8.57. The zero-order chi connectivity index (χ0) is 19.9. The molecule has 2 rings (SSSR count). The summed E-state index contributed by atoms with van der Waals surface area (Å²) in [5.74, 6) is -0.230. The molecule has 0 aliphatic carbocycles. The molecule has 1 saturated heterocycles. The van der Waals surface area contributed by atoms with Crippen LogP contribution in [0.5, 0.6) is 0 Å². The van der Waals surface area contributed by atoms with E-state index in [1.807, 2.05) is 6.92 Å². The first-order valence-corrected chi connectivity index (χ1v) is 11.0. The van der Waals surface area contributed by atoms with Crippen LogP contribution in [0, 0.1) is 6.92 Å². The van der Waals surface area contributed by atoms with Crippen molar-refractivity contribution < 1.29 is 17.9 Å². The van der Waals surface area contributed by atoms with E-state index < -0.39 is 10.0 Å². The van der Waals surface area contributed by atoms with Gasteiger partial charge in [0, 0.05) is 25.2 Å². The van der Waals surface area contributed by atoms with Gasteiger partial charge in [-0.3, -0.25) is 4.79 Å². The van der Waals surface area contributed by atoms with Gasteiger partial charge in [-0.15, -0.1) is 0 Å². The van der Waals surface area contributed by atoms with Gasteiger partial charge in [0.1, 0.15) is 0 Å². The van der Waals surface area contributed by atoms with Crippen LogP contribution in [0.15, 0.2) is 23.1 Å². The van der Waals surface area contributed by atoms with Gasteiger partial charge in [0.25, 0.3) is 5.91 Å². The number of benzene rings is 1. The summed E-state index contributed by atoms with van der Waals surface area (Å²) in [5, 5.41) is 2.91. The Bertz CT molecular complexity index is 726. The lowest BCUT2D eigenvalue weighted by Gasteiger charge is -2.26. The van der Waals surface area contributed by atoms with Gasteiger partial charge in [0.15, 0.2) is 0 Å². The molecule has 7 nitrogen and oxygen atoms in total. The van der Waals surface area contributed by atoms with E-state index in [1.54, 1.807) is 12.1 Å². The molecule has 0 spiro atoms. The van der Waals surface area contributed by atoms with Crippen LogP contribution in [0.4, 0.5) is 0 Å². The lowest BCUT2D eigenvalue weighted by atomic mass is 10.1. The zero-order valence-corrected chi connectivity index (χ0v) is 17.3. The van der Waals surface area contributed by atoms with E-state index in [2.05, 4.69) is 24.1 Å². The molecule has 1 amide bonds. The number of morpholine rings is 1. The summed E-state index contributed by atoms with van der Waals surface area (Å²) in [4.78, 5) is 15.0. The number of ether oxygens (including phenoxy) is 1. The molecular weight excluding hydrogens is 366 g/mol. The average molecular weight is 398 g/mol.